The molecule has 0 aliphatic carbocycles. The van der Waals surface area contributed by atoms with E-state index in [1.54, 1.807) is 24.3 Å². The van der Waals surface area contributed by atoms with Gasteiger partial charge in [-0.25, -0.2) is 0 Å². The minimum absolute atomic E-state index is 0.159. The molecular formula is C21H24N8O2. The van der Waals surface area contributed by atoms with Gasteiger partial charge in [-0.15, -0.1) is 0 Å². The summed E-state index contributed by atoms with van der Waals surface area (Å²) in [4.78, 5) is 27.3. The van der Waals surface area contributed by atoms with Gasteiger partial charge in [0.2, 0.25) is 17.8 Å². The lowest BCUT2D eigenvalue weighted by Gasteiger charge is -2.26. The third-order valence-corrected chi connectivity index (χ3v) is 4.81. The highest BCUT2D eigenvalue weighted by Crippen LogP contribution is 2.18. The Bertz CT molecular complexity index is 1050. The van der Waals surface area contributed by atoms with E-state index in [1.807, 2.05) is 29.2 Å². The molecule has 31 heavy (non-hydrogen) atoms. The first kappa shape index (κ1) is 20.4. The van der Waals surface area contributed by atoms with Gasteiger partial charge in [0, 0.05) is 25.2 Å². The maximum atomic E-state index is 12.4. The predicted octanol–water partition coefficient (Wildman–Crippen LogP) is 1.74. The van der Waals surface area contributed by atoms with Crippen molar-refractivity contribution >= 4 is 35.1 Å². The molecule has 3 aromatic rings. The Morgan fingerprint density at radius 3 is 2.48 bits per heavy atom. The third-order valence-electron chi connectivity index (χ3n) is 4.81. The van der Waals surface area contributed by atoms with Crippen LogP contribution in [0.5, 0.6) is 0 Å². The topological polar surface area (TPSA) is 144 Å². The molecule has 0 radical (unpaired) electrons. The lowest BCUT2D eigenvalue weighted by atomic mass is 10.1. The summed E-state index contributed by atoms with van der Waals surface area (Å²) in [6.45, 7) is 3.15. The van der Waals surface area contributed by atoms with Crippen molar-refractivity contribution in [3.05, 3.63) is 59.7 Å². The molecule has 1 fully saturated rings. The zero-order valence-corrected chi connectivity index (χ0v) is 16.9. The first-order valence-corrected chi connectivity index (χ1v) is 9.91. The second kappa shape index (κ2) is 9.26. The van der Waals surface area contributed by atoms with Crippen LogP contribution < -0.4 is 27.0 Å². The summed E-state index contributed by atoms with van der Waals surface area (Å²) in [6.07, 6.45) is 0. The van der Waals surface area contributed by atoms with E-state index in [4.69, 9.17) is 16.2 Å². The maximum absolute atomic E-state index is 12.4. The normalized spacial score (nSPS) is 13.6. The van der Waals surface area contributed by atoms with Crippen molar-refractivity contribution in [3.63, 3.8) is 0 Å². The van der Waals surface area contributed by atoms with Gasteiger partial charge in [0.05, 0.1) is 24.6 Å². The summed E-state index contributed by atoms with van der Waals surface area (Å²) in [6, 6.07) is 14.4. The number of morpholine rings is 1. The summed E-state index contributed by atoms with van der Waals surface area (Å²) in [5.41, 5.74) is 14.3. The zero-order chi connectivity index (χ0) is 21.6. The average molecular weight is 420 g/mol. The van der Waals surface area contributed by atoms with Crippen molar-refractivity contribution in [2.24, 2.45) is 0 Å². The number of nitrogen functional groups attached to an aromatic ring is 2. The molecule has 10 heteroatoms. The number of carbonyl (C=O) groups excluding carboxylic acids is 1. The first-order chi connectivity index (χ1) is 15.1. The quantitative estimate of drug-likeness (QED) is 0.438. The number of hydrogen-bond donors (Lipinski definition) is 4. The molecule has 0 saturated carbocycles. The SMILES string of the molecule is Nc1nc(NCc2ccc(C(=O)Nc3ccccc3N)cc2)nc(N2CCOCC2)n1. The second-order valence-corrected chi connectivity index (χ2v) is 7.01. The maximum Gasteiger partial charge on any atom is 0.255 e. The number of hydrogen-bond acceptors (Lipinski definition) is 9. The van der Waals surface area contributed by atoms with Crippen molar-refractivity contribution in [2.45, 2.75) is 6.54 Å². The molecule has 1 aliphatic rings. The first-order valence-electron chi connectivity index (χ1n) is 9.91. The fraction of sp³-hybridized carbons (Fsp3) is 0.238. The highest BCUT2D eigenvalue weighted by Gasteiger charge is 2.16. The van der Waals surface area contributed by atoms with Crippen molar-refractivity contribution < 1.29 is 9.53 Å². The molecule has 0 bridgehead atoms. The summed E-state index contributed by atoms with van der Waals surface area (Å²) in [7, 11) is 0. The van der Waals surface area contributed by atoms with Crippen LogP contribution in [0.3, 0.4) is 0 Å². The lowest BCUT2D eigenvalue weighted by Crippen LogP contribution is -2.37. The Hall–Kier alpha value is -3.92. The van der Waals surface area contributed by atoms with E-state index < -0.39 is 0 Å². The van der Waals surface area contributed by atoms with Crippen LogP contribution in [-0.4, -0.2) is 47.2 Å². The minimum atomic E-state index is -0.224. The Kier molecular flexibility index (Phi) is 6.08. The molecule has 2 heterocycles. The summed E-state index contributed by atoms with van der Waals surface area (Å²) in [5.74, 6) is 0.866. The highest BCUT2D eigenvalue weighted by molar-refractivity contribution is 6.05. The molecule has 1 aliphatic heterocycles. The molecule has 0 atom stereocenters. The van der Waals surface area contributed by atoms with Gasteiger partial charge >= 0.3 is 0 Å². The number of nitrogens with one attached hydrogen (secondary N) is 2. The van der Waals surface area contributed by atoms with Gasteiger partial charge in [-0.1, -0.05) is 24.3 Å². The fourth-order valence-corrected chi connectivity index (χ4v) is 3.12. The van der Waals surface area contributed by atoms with E-state index in [0.29, 0.717) is 61.7 Å². The van der Waals surface area contributed by atoms with E-state index in [1.165, 1.54) is 0 Å². The lowest BCUT2D eigenvalue weighted by molar-refractivity contribution is 0.102. The minimum Gasteiger partial charge on any atom is -0.397 e. The van der Waals surface area contributed by atoms with Crippen LogP contribution in [0.2, 0.25) is 0 Å². The summed E-state index contributed by atoms with van der Waals surface area (Å²) < 4.78 is 5.36. The molecule has 4 rings (SSSR count). The van der Waals surface area contributed by atoms with E-state index in [9.17, 15) is 4.79 Å². The summed E-state index contributed by atoms with van der Waals surface area (Å²) in [5, 5.41) is 5.97. The van der Waals surface area contributed by atoms with Crippen LogP contribution in [0.1, 0.15) is 15.9 Å². The molecule has 6 N–H and O–H groups in total. The van der Waals surface area contributed by atoms with Crippen LogP contribution in [0, 0.1) is 0 Å². The zero-order valence-electron chi connectivity index (χ0n) is 16.9. The molecule has 0 unspecified atom stereocenters. The van der Waals surface area contributed by atoms with Crippen LogP contribution in [-0.2, 0) is 11.3 Å². The largest absolute Gasteiger partial charge is 0.397 e. The molecule has 1 saturated heterocycles. The standard InChI is InChI=1S/C21H24N8O2/c22-16-3-1-2-4-17(16)25-18(30)15-7-5-14(6-8-15)13-24-20-26-19(23)27-21(28-20)29-9-11-31-12-10-29/h1-8H,9-13,22H2,(H,25,30)(H3,23,24,26,27,28). The number of nitrogens with two attached hydrogens (primary N) is 2. The van der Waals surface area contributed by atoms with Crippen LogP contribution in [0.4, 0.5) is 29.2 Å². The number of rotatable bonds is 6. The summed E-state index contributed by atoms with van der Waals surface area (Å²) >= 11 is 0. The van der Waals surface area contributed by atoms with Crippen LogP contribution in [0.15, 0.2) is 48.5 Å². The van der Waals surface area contributed by atoms with Crippen molar-refractivity contribution in [3.8, 4) is 0 Å². The highest BCUT2D eigenvalue weighted by atomic mass is 16.5. The van der Waals surface area contributed by atoms with Crippen molar-refractivity contribution in [2.75, 3.05) is 53.3 Å². The van der Waals surface area contributed by atoms with Gasteiger partial charge in [0.25, 0.3) is 5.91 Å². The van der Waals surface area contributed by atoms with E-state index in [-0.39, 0.29) is 11.9 Å². The van der Waals surface area contributed by atoms with Gasteiger partial charge in [-0.2, -0.15) is 15.0 Å². The molecule has 2 aromatic carbocycles. The van der Waals surface area contributed by atoms with Gasteiger partial charge in [-0.05, 0) is 29.8 Å². The third kappa shape index (κ3) is 5.17. The molecule has 1 amide bonds. The average Bonchev–Trinajstić information content (AvgIpc) is 2.80. The van der Waals surface area contributed by atoms with Gasteiger partial charge < -0.3 is 31.7 Å². The van der Waals surface area contributed by atoms with Crippen LogP contribution in [0.25, 0.3) is 0 Å². The number of ether oxygens (including phenoxy) is 1. The van der Waals surface area contributed by atoms with Crippen molar-refractivity contribution in [1.29, 1.82) is 0 Å². The van der Waals surface area contributed by atoms with Gasteiger partial charge in [0.15, 0.2) is 0 Å². The number of amides is 1. The number of benzene rings is 2. The molecule has 1 aromatic heterocycles. The van der Waals surface area contributed by atoms with Gasteiger partial charge in [0.1, 0.15) is 0 Å². The van der Waals surface area contributed by atoms with Crippen LogP contribution >= 0.6 is 0 Å². The van der Waals surface area contributed by atoms with E-state index in [0.717, 1.165) is 5.56 Å². The second-order valence-electron chi connectivity index (χ2n) is 7.01. The Balaban J connectivity index is 1.38. The smallest absolute Gasteiger partial charge is 0.255 e. The molecule has 160 valence electrons. The monoisotopic (exact) mass is 420 g/mol. The molecular weight excluding hydrogens is 396 g/mol. The van der Waals surface area contributed by atoms with E-state index in [2.05, 4.69) is 25.6 Å². The number of para-hydroxylation sites is 2. The number of anilines is 5. The Labute approximate surface area is 179 Å². The number of nitrogens with zero attached hydrogens (tertiary/aromatic N) is 4. The fourth-order valence-electron chi connectivity index (χ4n) is 3.12. The Morgan fingerprint density at radius 2 is 1.74 bits per heavy atom. The Morgan fingerprint density at radius 1 is 1.00 bits per heavy atom. The predicted molar refractivity (Wildman–Crippen MR) is 120 cm³/mol. The molecule has 10 nitrogen and oxygen atoms in total. The van der Waals surface area contributed by atoms with E-state index >= 15 is 0 Å². The van der Waals surface area contributed by atoms with Gasteiger partial charge in [-0.3, -0.25) is 4.79 Å². The van der Waals surface area contributed by atoms with Crippen molar-refractivity contribution in [1.82, 2.24) is 15.0 Å². The number of aromatic nitrogens is 3. The molecule has 0 spiro atoms. The number of carbonyl (C=O) groups is 1.